The summed E-state index contributed by atoms with van der Waals surface area (Å²) >= 11 is 18.2. The van der Waals surface area contributed by atoms with Crippen LogP contribution in [0.4, 0.5) is 0 Å². The molecule has 7 heteroatoms. The number of nitrogens with zero attached hydrogens (tertiary/aromatic N) is 1. The smallest absolute Gasteiger partial charge is 0.247 e. The van der Waals surface area contributed by atoms with E-state index in [0.29, 0.717) is 21.5 Å². The first-order valence-electron chi connectivity index (χ1n) is 10.5. The normalized spacial score (nSPS) is 19.5. The maximum Gasteiger partial charge on any atom is 0.247 e. The summed E-state index contributed by atoms with van der Waals surface area (Å²) in [7, 11) is 0. The van der Waals surface area contributed by atoms with E-state index < -0.39 is 6.04 Å². The number of alkyl halides is 1. The first-order valence-corrected chi connectivity index (χ1v) is 11.8. The zero-order chi connectivity index (χ0) is 22.4. The van der Waals surface area contributed by atoms with Gasteiger partial charge in [-0.1, -0.05) is 67.2 Å². The van der Waals surface area contributed by atoms with Gasteiger partial charge in [0, 0.05) is 22.6 Å². The van der Waals surface area contributed by atoms with Gasteiger partial charge in [0.25, 0.3) is 0 Å². The fourth-order valence-corrected chi connectivity index (χ4v) is 4.63. The van der Waals surface area contributed by atoms with Crippen molar-refractivity contribution in [2.75, 3.05) is 5.88 Å². The monoisotopic (exact) mass is 480 g/mol. The first-order chi connectivity index (χ1) is 14.9. The number of halogens is 3. The number of carbonyl (C=O) groups excluding carboxylic acids is 2. The van der Waals surface area contributed by atoms with Crippen LogP contribution >= 0.6 is 34.8 Å². The van der Waals surface area contributed by atoms with Gasteiger partial charge in [0.15, 0.2) is 0 Å². The Morgan fingerprint density at radius 2 is 1.77 bits per heavy atom. The maximum absolute atomic E-state index is 13.6. The lowest BCUT2D eigenvalue weighted by Crippen LogP contribution is -2.49. The van der Waals surface area contributed by atoms with E-state index in [1.165, 1.54) is 11.3 Å². The largest absolute Gasteiger partial charge is 0.351 e. The summed E-state index contributed by atoms with van der Waals surface area (Å²) in [6.45, 7) is 2.38. The van der Waals surface area contributed by atoms with Crippen LogP contribution in [0.3, 0.4) is 0 Å². The zero-order valence-corrected chi connectivity index (χ0v) is 19.8. The van der Waals surface area contributed by atoms with E-state index in [0.717, 1.165) is 24.8 Å². The molecule has 0 saturated heterocycles. The predicted octanol–water partition coefficient (Wildman–Crippen LogP) is 6.00. The standard InChI is InChI=1S/C24H27Cl3N2O2/c1-16-5-2-3-8-21(16)28-24(31)23(18-9-11-19(26)12-10-18)29(22(30)14-25)15-17-6-4-7-20(27)13-17/h4,6-7,9-13,16,21,23H,2-3,5,8,14-15H2,1H3,(H,28,31)/t16-,21+,23+/m1/s1. The van der Waals surface area contributed by atoms with Gasteiger partial charge in [-0.15, -0.1) is 11.6 Å². The summed E-state index contributed by atoms with van der Waals surface area (Å²) in [6, 6.07) is 13.5. The highest BCUT2D eigenvalue weighted by Crippen LogP contribution is 2.29. The first kappa shape index (κ1) is 23.9. The summed E-state index contributed by atoms with van der Waals surface area (Å²) in [5.41, 5.74) is 1.51. The number of benzene rings is 2. The molecule has 2 aromatic carbocycles. The Bertz CT molecular complexity index is 904. The van der Waals surface area contributed by atoms with Gasteiger partial charge in [-0.25, -0.2) is 0 Å². The van der Waals surface area contributed by atoms with E-state index in [9.17, 15) is 9.59 Å². The van der Waals surface area contributed by atoms with E-state index in [-0.39, 0.29) is 30.3 Å². The molecule has 0 spiro atoms. The van der Waals surface area contributed by atoms with Gasteiger partial charge in [-0.05, 0) is 54.2 Å². The van der Waals surface area contributed by atoms with Crippen LogP contribution in [-0.2, 0) is 16.1 Å². The molecule has 3 atom stereocenters. The van der Waals surface area contributed by atoms with Crippen LogP contribution in [0.5, 0.6) is 0 Å². The fraction of sp³-hybridized carbons (Fsp3) is 0.417. The van der Waals surface area contributed by atoms with Crippen LogP contribution in [-0.4, -0.2) is 28.6 Å². The molecule has 31 heavy (non-hydrogen) atoms. The lowest BCUT2D eigenvalue weighted by atomic mass is 9.85. The van der Waals surface area contributed by atoms with Gasteiger partial charge in [-0.2, -0.15) is 0 Å². The summed E-state index contributed by atoms with van der Waals surface area (Å²) in [5, 5.41) is 4.34. The van der Waals surface area contributed by atoms with E-state index in [2.05, 4.69) is 12.2 Å². The number of hydrogen-bond donors (Lipinski definition) is 1. The van der Waals surface area contributed by atoms with Gasteiger partial charge < -0.3 is 10.2 Å². The second kappa shape index (κ2) is 11.2. The average Bonchev–Trinajstić information content (AvgIpc) is 2.75. The number of nitrogens with one attached hydrogen (secondary N) is 1. The quantitative estimate of drug-likeness (QED) is 0.493. The SMILES string of the molecule is C[C@@H]1CCCC[C@@H]1NC(=O)[C@H](c1ccc(Cl)cc1)N(Cc1cccc(Cl)c1)C(=O)CCl. The third-order valence-electron chi connectivity index (χ3n) is 5.86. The Balaban J connectivity index is 1.95. The molecule has 4 nitrogen and oxygen atoms in total. The molecular formula is C24H27Cl3N2O2. The van der Waals surface area contributed by atoms with Gasteiger partial charge in [0.2, 0.25) is 11.8 Å². The molecule has 1 aliphatic carbocycles. The van der Waals surface area contributed by atoms with Gasteiger partial charge in [0.05, 0.1) is 0 Å². The molecule has 2 amide bonds. The van der Waals surface area contributed by atoms with E-state index in [1.54, 1.807) is 36.4 Å². The highest BCUT2D eigenvalue weighted by molar-refractivity contribution is 6.31. The summed E-state index contributed by atoms with van der Waals surface area (Å²) in [5.74, 6) is -0.360. The van der Waals surface area contributed by atoms with Crippen molar-refractivity contribution in [3.8, 4) is 0 Å². The highest BCUT2D eigenvalue weighted by atomic mass is 35.5. The molecule has 1 fully saturated rings. The third-order valence-corrected chi connectivity index (χ3v) is 6.58. The molecule has 0 bridgehead atoms. The van der Waals surface area contributed by atoms with Crippen molar-refractivity contribution >= 4 is 46.6 Å². The topological polar surface area (TPSA) is 49.4 Å². The van der Waals surface area contributed by atoms with Crippen LogP contribution in [0.1, 0.15) is 49.8 Å². The Morgan fingerprint density at radius 1 is 1.06 bits per heavy atom. The van der Waals surface area contributed by atoms with E-state index in [4.69, 9.17) is 34.8 Å². The molecule has 3 rings (SSSR count). The van der Waals surface area contributed by atoms with Crippen LogP contribution in [0.25, 0.3) is 0 Å². The van der Waals surface area contributed by atoms with Crippen molar-refractivity contribution < 1.29 is 9.59 Å². The molecule has 1 saturated carbocycles. The minimum absolute atomic E-state index is 0.0928. The summed E-state index contributed by atoms with van der Waals surface area (Å²) < 4.78 is 0. The van der Waals surface area contributed by atoms with Crippen molar-refractivity contribution in [1.82, 2.24) is 10.2 Å². The molecule has 1 N–H and O–H groups in total. The van der Waals surface area contributed by atoms with Crippen molar-refractivity contribution in [3.63, 3.8) is 0 Å². The Labute approximate surface area is 198 Å². The molecule has 0 radical (unpaired) electrons. The molecule has 0 aliphatic heterocycles. The third kappa shape index (κ3) is 6.38. The fourth-order valence-electron chi connectivity index (χ4n) is 4.14. The predicted molar refractivity (Wildman–Crippen MR) is 126 cm³/mol. The summed E-state index contributed by atoms with van der Waals surface area (Å²) in [6.07, 6.45) is 4.30. The van der Waals surface area contributed by atoms with Crippen molar-refractivity contribution in [1.29, 1.82) is 0 Å². The molecular weight excluding hydrogens is 455 g/mol. The van der Waals surface area contributed by atoms with E-state index in [1.807, 2.05) is 12.1 Å². The second-order valence-corrected chi connectivity index (χ2v) is 9.26. The lowest BCUT2D eigenvalue weighted by Gasteiger charge is -2.35. The molecule has 0 unspecified atom stereocenters. The minimum Gasteiger partial charge on any atom is -0.351 e. The highest BCUT2D eigenvalue weighted by Gasteiger charge is 2.33. The van der Waals surface area contributed by atoms with Crippen LogP contribution < -0.4 is 5.32 Å². The van der Waals surface area contributed by atoms with Crippen molar-refractivity contribution in [2.45, 2.75) is 51.2 Å². The average molecular weight is 482 g/mol. The molecule has 2 aromatic rings. The molecule has 1 aliphatic rings. The van der Waals surface area contributed by atoms with Gasteiger partial charge in [-0.3, -0.25) is 9.59 Å². The molecule has 0 aromatic heterocycles. The molecule has 166 valence electrons. The van der Waals surface area contributed by atoms with Gasteiger partial charge >= 0.3 is 0 Å². The van der Waals surface area contributed by atoms with Crippen molar-refractivity contribution in [2.24, 2.45) is 5.92 Å². The van der Waals surface area contributed by atoms with Crippen LogP contribution in [0, 0.1) is 5.92 Å². The minimum atomic E-state index is -0.823. The van der Waals surface area contributed by atoms with Gasteiger partial charge in [0.1, 0.15) is 11.9 Å². The number of rotatable bonds is 7. The number of carbonyl (C=O) groups is 2. The van der Waals surface area contributed by atoms with Crippen molar-refractivity contribution in [3.05, 3.63) is 69.7 Å². The number of amides is 2. The number of hydrogen-bond acceptors (Lipinski definition) is 2. The zero-order valence-electron chi connectivity index (χ0n) is 17.5. The Morgan fingerprint density at radius 3 is 2.42 bits per heavy atom. The second-order valence-electron chi connectivity index (χ2n) is 8.12. The van der Waals surface area contributed by atoms with E-state index >= 15 is 0 Å². The Kier molecular flexibility index (Phi) is 8.65. The van der Waals surface area contributed by atoms with Crippen LogP contribution in [0.15, 0.2) is 48.5 Å². The lowest BCUT2D eigenvalue weighted by molar-refractivity contribution is -0.140. The van der Waals surface area contributed by atoms with Crippen LogP contribution in [0.2, 0.25) is 10.0 Å². The summed E-state index contributed by atoms with van der Waals surface area (Å²) in [4.78, 5) is 28.0. The molecule has 0 heterocycles. The Hall–Kier alpha value is -1.75. The maximum atomic E-state index is 13.6.